The molecule has 10 heavy (non-hydrogen) atoms. The van der Waals surface area contributed by atoms with E-state index < -0.39 is 0 Å². The van der Waals surface area contributed by atoms with Crippen molar-refractivity contribution in [1.29, 1.82) is 0 Å². The van der Waals surface area contributed by atoms with Gasteiger partial charge in [-0.15, -0.1) is 5.10 Å². The number of hydrogen-bond donors (Lipinski definition) is 0. The third-order valence-corrected chi connectivity index (χ3v) is 0.828. The first-order valence-corrected chi connectivity index (χ1v) is 2.81. The van der Waals surface area contributed by atoms with E-state index in [9.17, 15) is 0 Å². The molecule has 0 radical (unpaired) electrons. The summed E-state index contributed by atoms with van der Waals surface area (Å²) in [6, 6.07) is 1.64. The van der Waals surface area contributed by atoms with Crippen molar-refractivity contribution >= 4 is 0 Å². The highest BCUT2D eigenvalue weighted by atomic mass is 16.5. The van der Waals surface area contributed by atoms with Crippen LogP contribution in [0.3, 0.4) is 0 Å². The van der Waals surface area contributed by atoms with Gasteiger partial charge < -0.3 is 4.74 Å². The van der Waals surface area contributed by atoms with Crippen LogP contribution in [0.1, 0.15) is 0 Å². The van der Waals surface area contributed by atoms with Gasteiger partial charge in [-0.25, -0.2) is 0 Å². The molecule has 4 nitrogen and oxygen atoms in total. The Morgan fingerprint density at radius 3 is 3.20 bits per heavy atom. The molecule has 0 aliphatic heterocycles. The van der Waals surface area contributed by atoms with Gasteiger partial charge in [0.2, 0.25) is 5.88 Å². The lowest BCUT2D eigenvalue weighted by Gasteiger charge is -1.96. The first-order chi connectivity index (χ1) is 4.93. The van der Waals surface area contributed by atoms with E-state index in [1.807, 2.05) is 0 Å². The summed E-state index contributed by atoms with van der Waals surface area (Å²) in [5, 5.41) is 10.4. The molecule has 1 heterocycles. The molecule has 0 aliphatic rings. The van der Waals surface area contributed by atoms with Crippen molar-refractivity contribution < 1.29 is 4.74 Å². The van der Waals surface area contributed by atoms with E-state index in [1.165, 1.54) is 6.20 Å². The Kier molecular flexibility index (Phi) is 2.37. The lowest BCUT2D eigenvalue weighted by Crippen LogP contribution is -1.96. The lowest BCUT2D eigenvalue weighted by atomic mass is 10.6. The van der Waals surface area contributed by atoms with Gasteiger partial charge in [-0.05, 0) is 5.21 Å². The van der Waals surface area contributed by atoms with E-state index in [4.69, 9.17) is 4.74 Å². The zero-order valence-electron chi connectivity index (χ0n) is 5.40. The molecular weight excluding hydrogens is 130 g/mol. The third kappa shape index (κ3) is 1.81. The highest BCUT2D eigenvalue weighted by Gasteiger charge is 1.89. The second kappa shape index (κ2) is 3.55. The molecule has 1 rings (SSSR count). The highest BCUT2D eigenvalue weighted by molar-refractivity contribution is 5.02. The van der Waals surface area contributed by atoms with E-state index in [-0.39, 0.29) is 0 Å². The lowest BCUT2D eigenvalue weighted by molar-refractivity contribution is 0.341. The van der Waals surface area contributed by atoms with Gasteiger partial charge in [0.05, 0.1) is 6.20 Å². The van der Waals surface area contributed by atoms with Crippen LogP contribution in [-0.4, -0.2) is 22.0 Å². The second-order valence-electron chi connectivity index (χ2n) is 1.56. The zero-order valence-corrected chi connectivity index (χ0v) is 5.40. The number of aromatic nitrogens is 3. The van der Waals surface area contributed by atoms with Crippen molar-refractivity contribution in [2.75, 3.05) is 6.61 Å². The Bertz CT molecular complexity index is 199. The summed E-state index contributed by atoms with van der Waals surface area (Å²) in [5.41, 5.74) is 0. The van der Waals surface area contributed by atoms with Crippen molar-refractivity contribution in [2.24, 2.45) is 0 Å². The number of rotatable bonds is 3. The fraction of sp³-hybridized carbons (Fsp3) is 0.167. The first kappa shape index (κ1) is 6.67. The Morgan fingerprint density at radius 2 is 2.60 bits per heavy atom. The topological polar surface area (TPSA) is 47.9 Å². The summed E-state index contributed by atoms with van der Waals surface area (Å²) in [4.78, 5) is 0. The molecular formula is C6H7N3O. The van der Waals surface area contributed by atoms with Crippen LogP contribution in [0, 0.1) is 0 Å². The maximum atomic E-state index is 5.02. The van der Waals surface area contributed by atoms with Crippen LogP contribution in [0.15, 0.2) is 24.9 Å². The molecule has 0 spiro atoms. The van der Waals surface area contributed by atoms with Gasteiger partial charge in [0.1, 0.15) is 6.61 Å². The van der Waals surface area contributed by atoms with Crippen molar-refractivity contribution in [3.8, 4) is 5.88 Å². The second-order valence-corrected chi connectivity index (χ2v) is 1.56. The summed E-state index contributed by atoms with van der Waals surface area (Å²) >= 11 is 0. The molecule has 0 saturated carbocycles. The first-order valence-electron chi connectivity index (χ1n) is 2.81. The minimum atomic E-state index is 0.443. The van der Waals surface area contributed by atoms with Crippen LogP contribution in [0.2, 0.25) is 0 Å². The summed E-state index contributed by atoms with van der Waals surface area (Å²) in [5.74, 6) is 0.468. The monoisotopic (exact) mass is 137 g/mol. The van der Waals surface area contributed by atoms with E-state index in [0.29, 0.717) is 12.5 Å². The Balaban J connectivity index is 2.50. The molecule has 0 fully saturated rings. The fourth-order valence-corrected chi connectivity index (χ4v) is 0.451. The van der Waals surface area contributed by atoms with Crippen LogP contribution < -0.4 is 4.74 Å². The van der Waals surface area contributed by atoms with Gasteiger partial charge in [0.25, 0.3) is 0 Å². The normalized spacial score (nSPS) is 8.80. The summed E-state index contributed by atoms with van der Waals surface area (Å²) in [7, 11) is 0. The van der Waals surface area contributed by atoms with Gasteiger partial charge in [0, 0.05) is 6.07 Å². The van der Waals surface area contributed by atoms with Crippen LogP contribution in [0.5, 0.6) is 5.88 Å². The van der Waals surface area contributed by atoms with Crippen molar-refractivity contribution in [3.63, 3.8) is 0 Å². The largest absolute Gasteiger partial charge is 0.472 e. The molecule has 4 heteroatoms. The van der Waals surface area contributed by atoms with Crippen molar-refractivity contribution in [1.82, 2.24) is 15.4 Å². The SMILES string of the molecule is C=CCOc1ccnnn1. The number of hydrogen-bond acceptors (Lipinski definition) is 4. The molecule has 0 N–H and O–H groups in total. The molecule has 0 amide bonds. The van der Waals surface area contributed by atoms with Crippen molar-refractivity contribution in [3.05, 3.63) is 24.9 Å². The predicted molar refractivity (Wildman–Crippen MR) is 35.5 cm³/mol. The van der Waals surface area contributed by atoms with Gasteiger partial charge in [-0.2, -0.15) is 0 Å². The van der Waals surface area contributed by atoms with Crippen LogP contribution in [-0.2, 0) is 0 Å². The van der Waals surface area contributed by atoms with Crippen LogP contribution >= 0.6 is 0 Å². The van der Waals surface area contributed by atoms with Crippen LogP contribution in [0.25, 0.3) is 0 Å². The summed E-state index contributed by atoms with van der Waals surface area (Å²) in [6.45, 7) is 3.93. The molecule has 0 unspecified atom stereocenters. The molecule has 0 saturated heterocycles. The summed E-state index contributed by atoms with van der Waals surface area (Å²) in [6.07, 6.45) is 3.16. The third-order valence-electron chi connectivity index (χ3n) is 0.828. The van der Waals surface area contributed by atoms with E-state index in [2.05, 4.69) is 22.0 Å². The molecule has 0 bridgehead atoms. The standard InChI is InChI=1S/C6H7N3O/c1-2-5-10-6-3-4-7-9-8-6/h2-4H,1,5H2. The minimum Gasteiger partial charge on any atom is -0.472 e. The smallest absolute Gasteiger partial charge is 0.237 e. The predicted octanol–water partition coefficient (Wildman–Crippen LogP) is 0.436. The highest BCUT2D eigenvalue weighted by Crippen LogP contribution is 1.98. The molecule has 1 aromatic heterocycles. The number of nitrogens with zero attached hydrogens (tertiary/aromatic N) is 3. The van der Waals surface area contributed by atoms with Gasteiger partial charge >= 0.3 is 0 Å². The number of ether oxygens (including phenoxy) is 1. The quantitative estimate of drug-likeness (QED) is 0.567. The average Bonchev–Trinajstić information content (AvgIpc) is 2.03. The minimum absolute atomic E-state index is 0.443. The van der Waals surface area contributed by atoms with Gasteiger partial charge in [0.15, 0.2) is 0 Å². The maximum Gasteiger partial charge on any atom is 0.237 e. The Labute approximate surface area is 58.5 Å². The van der Waals surface area contributed by atoms with E-state index in [0.717, 1.165) is 0 Å². The molecule has 0 aliphatic carbocycles. The average molecular weight is 137 g/mol. The molecule has 1 aromatic rings. The van der Waals surface area contributed by atoms with Crippen molar-refractivity contribution in [2.45, 2.75) is 0 Å². The van der Waals surface area contributed by atoms with Crippen LogP contribution in [0.4, 0.5) is 0 Å². The molecule has 0 atom stereocenters. The molecule has 52 valence electrons. The Hall–Kier alpha value is -1.45. The van der Waals surface area contributed by atoms with Gasteiger partial charge in [-0.3, -0.25) is 0 Å². The Morgan fingerprint density at radius 1 is 1.70 bits per heavy atom. The summed E-state index contributed by atoms with van der Waals surface area (Å²) < 4.78 is 5.02. The van der Waals surface area contributed by atoms with Gasteiger partial charge in [-0.1, -0.05) is 17.8 Å². The van der Waals surface area contributed by atoms with E-state index in [1.54, 1.807) is 12.1 Å². The van der Waals surface area contributed by atoms with E-state index >= 15 is 0 Å². The molecule has 0 aromatic carbocycles. The maximum absolute atomic E-state index is 5.02. The fourth-order valence-electron chi connectivity index (χ4n) is 0.451. The zero-order chi connectivity index (χ0) is 7.23.